The molecule has 0 aliphatic carbocycles. The molecule has 34 heavy (non-hydrogen) atoms. The van der Waals surface area contributed by atoms with E-state index in [1.165, 1.54) is 48.4 Å². The van der Waals surface area contributed by atoms with Crippen LogP contribution in [0.15, 0.2) is 78.4 Å². The molecule has 1 unspecified atom stereocenters. The Morgan fingerprint density at radius 3 is 2.09 bits per heavy atom. The number of rotatable bonds is 5. The summed E-state index contributed by atoms with van der Waals surface area (Å²) in [6.07, 6.45) is 0.811. The lowest BCUT2D eigenvalue weighted by molar-refractivity contribution is -0.132. The average Bonchev–Trinajstić information content (AvgIpc) is 3.14. The maximum absolute atomic E-state index is 13.4. The van der Waals surface area contributed by atoms with E-state index in [9.17, 15) is 23.9 Å². The molecule has 172 valence electrons. The monoisotopic (exact) mass is 459 g/mol. The lowest BCUT2D eigenvalue weighted by Crippen LogP contribution is -2.29. The molecule has 1 N–H and O–H groups in total. The van der Waals surface area contributed by atoms with Crippen molar-refractivity contribution in [1.29, 1.82) is 0 Å². The number of ether oxygens (including phenoxy) is 1. The first-order valence-corrected chi connectivity index (χ1v) is 10.7. The zero-order chi connectivity index (χ0) is 24.4. The molecule has 0 spiro atoms. The summed E-state index contributed by atoms with van der Waals surface area (Å²) < 4.78 is 18.1. The Balaban J connectivity index is 1.88. The van der Waals surface area contributed by atoms with E-state index in [2.05, 4.69) is 0 Å². The van der Waals surface area contributed by atoms with Crippen LogP contribution in [0.1, 0.15) is 40.0 Å². The number of nitrogens with zero attached hydrogens (tertiary/aromatic N) is 1. The lowest BCUT2D eigenvalue weighted by atomic mass is 9.94. The van der Waals surface area contributed by atoms with Crippen LogP contribution < -0.4 is 4.90 Å². The fraction of sp³-hybridized carbons (Fsp3) is 0.148. The number of halogens is 1. The van der Waals surface area contributed by atoms with Crippen molar-refractivity contribution in [2.45, 2.75) is 19.4 Å². The van der Waals surface area contributed by atoms with Gasteiger partial charge in [-0.05, 0) is 66.1 Å². The average molecular weight is 459 g/mol. The van der Waals surface area contributed by atoms with Gasteiger partial charge in [-0.25, -0.2) is 9.18 Å². The predicted octanol–water partition coefficient (Wildman–Crippen LogP) is 4.80. The lowest BCUT2D eigenvalue weighted by Gasteiger charge is -2.25. The van der Waals surface area contributed by atoms with Crippen molar-refractivity contribution in [3.63, 3.8) is 0 Å². The molecular weight excluding hydrogens is 437 g/mol. The summed E-state index contributed by atoms with van der Waals surface area (Å²) >= 11 is 0. The van der Waals surface area contributed by atoms with Gasteiger partial charge in [0.2, 0.25) is 0 Å². The molecule has 0 bridgehead atoms. The third kappa shape index (κ3) is 4.08. The maximum atomic E-state index is 13.4. The number of Topliss-reactive ketones (excluding diaryl/α,β-unsaturated/α-hetero) is 1. The Morgan fingerprint density at radius 2 is 1.53 bits per heavy atom. The number of benzene rings is 3. The first kappa shape index (κ1) is 22.9. The fourth-order valence-corrected chi connectivity index (χ4v) is 3.99. The third-order valence-electron chi connectivity index (χ3n) is 5.83. The molecule has 0 radical (unpaired) electrons. The van der Waals surface area contributed by atoms with E-state index in [1.807, 2.05) is 31.2 Å². The molecule has 3 aromatic carbocycles. The second-order valence-electron chi connectivity index (χ2n) is 7.81. The Bertz CT molecular complexity index is 1280. The number of amides is 1. The van der Waals surface area contributed by atoms with Crippen LogP contribution in [-0.2, 0) is 20.7 Å². The van der Waals surface area contributed by atoms with Gasteiger partial charge in [0.1, 0.15) is 11.6 Å². The minimum atomic E-state index is -0.917. The van der Waals surface area contributed by atoms with E-state index < -0.39 is 35.3 Å². The number of hydrogen-bond donors (Lipinski definition) is 1. The molecule has 4 rings (SSSR count). The summed E-state index contributed by atoms with van der Waals surface area (Å²) in [5.41, 5.74) is 2.47. The van der Waals surface area contributed by atoms with E-state index in [4.69, 9.17) is 4.74 Å². The van der Waals surface area contributed by atoms with E-state index in [0.717, 1.165) is 12.0 Å². The van der Waals surface area contributed by atoms with Crippen molar-refractivity contribution in [3.05, 3.63) is 106 Å². The van der Waals surface area contributed by atoms with Crippen LogP contribution in [0.5, 0.6) is 0 Å². The van der Waals surface area contributed by atoms with Crippen molar-refractivity contribution >= 4 is 29.1 Å². The highest BCUT2D eigenvalue weighted by Gasteiger charge is 2.47. The van der Waals surface area contributed by atoms with Gasteiger partial charge in [-0.15, -0.1) is 0 Å². The second-order valence-corrected chi connectivity index (χ2v) is 7.81. The van der Waals surface area contributed by atoms with Gasteiger partial charge in [0.25, 0.3) is 11.7 Å². The van der Waals surface area contributed by atoms with Crippen molar-refractivity contribution in [3.8, 4) is 0 Å². The minimum absolute atomic E-state index is 0.0992. The van der Waals surface area contributed by atoms with Crippen LogP contribution in [0, 0.1) is 5.82 Å². The Kier molecular flexibility index (Phi) is 6.27. The highest BCUT2D eigenvalue weighted by Crippen LogP contribution is 2.42. The summed E-state index contributed by atoms with van der Waals surface area (Å²) in [6, 6.07) is 17.6. The molecule has 1 aliphatic rings. The number of hydrogen-bond acceptors (Lipinski definition) is 5. The molecular formula is C27H22FNO5. The van der Waals surface area contributed by atoms with Gasteiger partial charge in [-0.1, -0.05) is 31.2 Å². The Morgan fingerprint density at radius 1 is 0.941 bits per heavy atom. The molecule has 1 atom stereocenters. The van der Waals surface area contributed by atoms with Crippen LogP contribution in [0.25, 0.3) is 5.76 Å². The smallest absolute Gasteiger partial charge is 0.337 e. The van der Waals surface area contributed by atoms with Gasteiger partial charge in [-0.2, -0.15) is 0 Å². The van der Waals surface area contributed by atoms with Crippen molar-refractivity contribution < 1.29 is 28.6 Å². The van der Waals surface area contributed by atoms with Crippen LogP contribution in [0.3, 0.4) is 0 Å². The molecule has 1 heterocycles. The maximum Gasteiger partial charge on any atom is 0.337 e. The summed E-state index contributed by atoms with van der Waals surface area (Å²) in [7, 11) is 1.27. The largest absolute Gasteiger partial charge is 0.507 e. The molecule has 1 aliphatic heterocycles. The van der Waals surface area contributed by atoms with Gasteiger partial charge in [-0.3, -0.25) is 14.5 Å². The number of aliphatic hydroxyl groups excluding tert-OH is 1. The van der Waals surface area contributed by atoms with Crippen LogP contribution in [-0.4, -0.2) is 29.9 Å². The summed E-state index contributed by atoms with van der Waals surface area (Å²) in [5.74, 6) is -3.09. The zero-order valence-corrected chi connectivity index (χ0v) is 18.6. The zero-order valence-electron chi connectivity index (χ0n) is 18.6. The minimum Gasteiger partial charge on any atom is -0.507 e. The molecule has 3 aromatic rings. The number of anilines is 1. The number of methoxy groups -OCH3 is 1. The van der Waals surface area contributed by atoms with E-state index in [0.29, 0.717) is 11.3 Å². The van der Waals surface area contributed by atoms with Crippen molar-refractivity contribution in [2.75, 3.05) is 12.0 Å². The molecule has 1 fully saturated rings. The van der Waals surface area contributed by atoms with Crippen molar-refractivity contribution in [1.82, 2.24) is 0 Å². The molecule has 1 amide bonds. The normalized spacial score (nSPS) is 17.1. The van der Waals surface area contributed by atoms with Crippen LogP contribution >= 0.6 is 0 Å². The number of carbonyl (C=O) groups excluding carboxylic acids is 3. The number of aryl methyl sites for hydroxylation is 1. The van der Waals surface area contributed by atoms with Crippen LogP contribution in [0.2, 0.25) is 0 Å². The number of esters is 1. The van der Waals surface area contributed by atoms with Gasteiger partial charge in [0.15, 0.2) is 0 Å². The third-order valence-corrected chi connectivity index (χ3v) is 5.83. The number of ketones is 1. The second kappa shape index (κ2) is 9.31. The molecule has 7 heteroatoms. The first-order valence-electron chi connectivity index (χ1n) is 10.7. The summed E-state index contributed by atoms with van der Waals surface area (Å²) in [5, 5.41) is 11.0. The number of aliphatic hydroxyl groups is 1. The molecule has 6 nitrogen and oxygen atoms in total. The summed E-state index contributed by atoms with van der Waals surface area (Å²) in [4.78, 5) is 39.4. The standard InChI is InChI=1S/C27H22FNO5/c1-3-16-4-6-17(7-5-16)23-22(24(30)18-8-12-20(28)13-9-18)25(31)26(32)29(23)21-14-10-19(11-15-21)27(33)34-2/h4-15,23,30H,3H2,1-2H3/b24-22+. The van der Waals surface area contributed by atoms with Gasteiger partial charge in [0.05, 0.1) is 24.3 Å². The predicted molar refractivity (Wildman–Crippen MR) is 125 cm³/mol. The molecule has 0 aromatic heterocycles. The highest BCUT2D eigenvalue weighted by atomic mass is 19.1. The molecule has 0 saturated carbocycles. The van der Waals surface area contributed by atoms with E-state index >= 15 is 0 Å². The van der Waals surface area contributed by atoms with E-state index in [1.54, 1.807) is 12.1 Å². The van der Waals surface area contributed by atoms with Gasteiger partial charge >= 0.3 is 5.97 Å². The number of carbonyl (C=O) groups is 3. The summed E-state index contributed by atoms with van der Waals surface area (Å²) in [6.45, 7) is 2.01. The van der Waals surface area contributed by atoms with Crippen molar-refractivity contribution in [2.24, 2.45) is 0 Å². The Labute approximate surface area is 195 Å². The van der Waals surface area contributed by atoms with Gasteiger partial charge in [0, 0.05) is 11.3 Å². The molecule has 1 saturated heterocycles. The fourth-order valence-electron chi connectivity index (χ4n) is 3.99. The Hall–Kier alpha value is -4.26. The first-order chi connectivity index (χ1) is 16.3. The highest BCUT2D eigenvalue weighted by molar-refractivity contribution is 6.51. The SMILES string of the molecule is CCc1ccc(C2/C(=C(\O)c3ccc(F)cc3)C(=O)C(=O)N2c2ccc(C(=O)OC)cc2)cc1. The van der Waals surface area contributed by atoms with Gasteiger partial charge < -0.3 is 9.84 Å². The van der Waals surface area contributed by atoms with E-state index in [-0.39, 0.29) is 16.7 Å². The van der Waals surface area contributed by atoms with Crippen LogP contribution in [0.4, 0.5) is 10.1 Å². The quantitative estimate of drug-likeness (QED) is 0.256. The topological polar surface area (TPSA) is 83.9 Å².